The minimum Gasteiger partial charge on any atom is -0.504 e. The highest BCUT2D eigenvalue weighted by atomic mass is 16.9. The van der Waals surface area contributed by atoms with Crippen LogP contribution in [0.3, 0.4) is 0 Å². The van der Waals surface area contributed by atoms with Gasteiger partial charge in [0.2, 0.25) is 5.75 Å². The van der Waals surface area contributed by atoms with Gasteiger partial charge in [0.1, 0.15) is 0 Å². The first kappa shape index (κ1) is 14.9. The Hall–Kier alpha value is -2.15. The van der Waals surface area contributed by atoms with E-state index in [0.29, 0.717) is 18.1 Å². The first-order valence-electron chi connectivity index (χ1n) is 5.66. The van der Waals surface area contributed by atoms with E-state index < -0.39 is 12.1 Å². The molecule has 0 fully saturated rings. The molecule has 0 aliphatic carbocycles. The number of carboxylic acid groups (broad SMARTS) is 1. The van der Waals surface area contributed by atoms with Crippen molar-refractivity contribution in [1.29, 1.82) is 0 Å². The molecule has 1 unspecified atom stereocenters. The lowest BCUT2D eigenvalue weighted by Crippen LogP contribution is -2.37. The van der Waals surface area contributed by atoms with Crippen LogP contribution in [0.5, 0.6) is 17.2 Å². The number of aromatic hydroxyl groups is 1. The average Bonchev–Trinajstić information content (AvgIpc) is 2.68. The first-order valence-corrected chi connectivity index (χ1v) is 5.66. The van der Waals surface area contributed by atoms with Crippen molar-refractivity contribution >= 4 is 6.09 Å². The van der Waals surface area contributed by atoms with E-state index in [-0.39, 0.29) is 5.75 Å². The summed E-state index contributed by atoms with van der Waals surface area (Å²) in [6, 6.07) is 4.95. The summed E-state index contributed by atoms with van der Waals surface area (Å²) < 4.78 is 16.1. The van der Waals surface area contributed by atoms with E-state index in [1.165, 1.54) is 7.05 Å². The van der Waals surface area contributed by atoms with Gasteiger partial charge in [-0.05, 0) is 19.1 Å². The fraction of sp³-hybridized carbons (Fsp3) is 0.417. The van der Waals surface area contributed by atoms with E-state index in [0.717, 1.165) is 0 Å². The number of fused-ring (bicyclic) bond motifs is 1. The van der Waals surface area contributed by atoms with Crippen LogP contribution >= 0.6 is 0 Å². The molecular formula is C12H17NO6. The van der Waals surface area contributed by atoms with E-state index >= 15 is 0 Å². The lowest BCUT2D eigenvalue weighted by molar-refractivity contribution is -0.266. The number of benzene rings is 1. The summed E-state index contributed by atoms with van der Waals surface area (Å²) in [5.41, 5.74) is 0. The largest absolute Gasteiger partial charge is 0.504 e. The highest BCUT2D eigenvalue weighted by Gasteiger charge is 2.39. The Morgan fingerprint density at radius 2 is 2.11 bits per heavy atom. The second kappa shape index (κ2) is 6.14. The molecule has 106 valence electrons. The molecule has 1 amide bonds. The molecule has 7 nitrogen and oxygen atoms in total. The number of amides is 1. The molecule has 0 radical (unpaired) electrons. The highest BCUT2D eigenvalue weighted by Crippen LogP contribution is 2.45. The van der Waals surface area contributed by atoms with Gasteiger partial charge in [-0.15, -0.1) is 0 Å². The molecular weight excluding hydrogens is 254 g/mol. The van der Waals surface area contributed by atoms with E-state index in [1.54, 1.807) is 25.1 Å². The van der Waals surface area contributed by atoms with Crippen LogP contribution in [-0.4, -0.2) is 35.9 Å². The van der Waals surface area contributed by atoms with E-state index in [2.05, 4.69) is 0 Å². The quantitative estimate of drug-likeness (QED) is 0.758. The molecule has 7 heteroatoms. The zero-order valence-electron chi connectivity index (χ0n) is 11.0. The number of ether oxygens (including phenoxy) is 3. The van der Waals surface area contributed by atoms with Crippen LogP contribution < -0.4 is 14.8 Å². The van der Waals surface area contributed by atoms with Crippen LogP contribution in [0.2, 0.25) is 0 Å². The van der Waals surface area contributed by atoms with Crippen molar-refractivity contribution < 1.29 is 29.2 Å². The molecule has 1 aliphatic rings. The van der Waals surface area contributed by atoms with Crippen molar-refractivity contribution in [2.75, 3.05) is 13.7 Å². The Morgan fingerprint density at radius 3 is 2.58 bits per heavy atom. The second-order valence-electron chi connectivity index (χ2n) is 3.66. The molecule has 0 aromatic heterocycles. The molecule has 0 saturated carbocycles. The summed E-state index contributed by atoms with van der Waals surface area (Å²) in [6.45, 7) is 3.99. The third-order valence-corrected chi connectivity index (χ3v) is 2.16. The average molecular weight is 271 g/mol. The van der Waals surface area contributed by atoms with Gasteiger partial charge in [-0.3, -0.25) is 0 Å². The molecule has 1 aromatic rings. The maximum atomic E-state index is 9.47. The number of carbonyl (C=O) groups is 1. The Balaban J connectivity index is 0.000000312. The van der Waals surface area contributed by atoms with Gasteiger partial charge in [-0.1, -0.05) is 6.07 Å². The van der Waals surface area contributed by atoms with Gasteiger partial charge in [0.25, 0.3) is 0 Å². The molecule has 0 spiro atoms. The number of phenolic OH excluding ortho intramolecular Hbond substituents is 1. The van der Waals surface area contributed by atoms with Gasteiger partial charge in [0.15, 0.2) is 11.5 Å². The van der Waals surface area contributed by atoms with Crippen LogP contribution in [0, 0.1) is 0 Å². The number of phenols is 1. The van der Waals surface area contributed by atoms with Crippen LogP contribution in [0.25, 0.3) is 0 Å². The number of rotatable bonds is 2. The lowest BCUT2D eigenvalue weighted by atomic mass is 10.3. The van der Waals surface area contributed by atoms with Gasteiger partial charge in [0.05, 0.1) is 6.61 Å². The second-order valence-corrected chi connectivity index (χ2v) is 3.66. The predicted octanol–water partition coefficient (Wildman–Crippen LogP) is 1.76. The number of hydrogen-bond acceptors (Lipinski definition) is 5. The molecule has 2 rings (SSSR count). The summed E-state index contributed by atoms with van der Waals surface area (Å²) in [5, 5.41) is 19.0. The van der Waals surface area contributed by atoms with E-state index in [1.807, 2.05) is 12.2 Å². The van der Waals surface area contributed by atoms with Gasteiger partial charge >= 0.3 is 12.1 Å². The highest BCUT2D eigenvalue weighted by molar-refractivity contribution is 5.63. The van der Waals surface area contributed by atoms with Gasteiger partial charge in [-0.2, -0.15) is 0 Å². The van der Waals surface area contributed by atoms with Crippen molar-refractivity contribution in [1.82, 2.24) is 5.32 Å². The molecule has 1 aromatic carbocycles. The summed E-state index contributed by atoms with van der Waals surface area (Å²) in [6.07, 6.45) is -0.995. The predicted molar refractivity (Wildman–Crippen MR) is 66.5 cm³/mol. The van der Waals surface area contributed by atoms with Crippen LogP contribution in [0.1, 0.15) is 13.8 Å². The van der Waals surface area contributed by atoms with Crippen LogP contribution in [-0.2, 0) is 4.74 Å². The van der Waals surface area contributed by atoms with E-state index in [9.17, 15) is 9.90 Å². The SMILES string of the molecule is CCOC1(C)Oc2cccc(O)c2O1.CNC(=O)O. The van der Waals surface area contributed by atoms with E-state index in [4.69, 9.17) is 19.3 Å². The number of hydrogen-bond donors (Lipinski definition) is 3. The van der Waals surface area contributed by atoms with Crippen molar-refractivity contribution in [2.24, 2.45) is 0 Å². The molecule has 0 bridgehead atoms. The first-order chi connectivity index (χ1) is 8.91. The molecule has 1 heterocycles. The molecule has 3 N–H and O–H groups in total. The summed E-state index contributed by atoms with van der Waals surface area (Å²) in [5.74, 6) is -0.217. The third kappa shape index (κ3) is 3.92. The van der Waals surface area contributed by atoms with Crippen molar-refractivity contribution in [3.63, 3.8) is 0 Å². The third-order valence-electron chi connectivity index (χ3n) is 2.16. The Kier molecular flexibility index (Phi) is 4.82. The van der Waals surface area contributed by atoms with Crippen LogP contribution in [0.4, 0.5) is 4.79 Å². The molecule has 1 atom stereocenters. The molecule has 1 aliphatic heterocycles. The Morgan fingerprint density at radius 1 is 1.47 bits per heavy atom. The summed E-state index contributed by atoms with van der Waals surface area (Å²) >= 11 is 0. The fourth-order valence-electron chi connectivity index (χ4n) is 1.41. The van der Waals surface area contributed by atoms with Crippen molar-refractivity contribution in [2.45, 2.75) is 19.8 Å². The number of nitrogens with one attached hydrogen (secondary N) is 1. The Bertz CT molecular complexity index is 450. The van der Waals surface area contributed by atoms with Crippen molar-refractivity contribution in [3.05, 3.63) is 18.2 Å². The zero-order chi connectivity index (χ0) is 14.5. The minimum atomic E-state index is -1.12. The molecule has 19 heavy (non-hydrogen) atoms. The fourth-order valence-corrected chi connectivity index (χ4v) is 1.41. The maximum Gasteiger partial charge on any atom is 0.404 e. The smallest absolute Gasteiger partial charge is 0.404 e. The van der Waals surface area contributed by atoms with Gasteiger partial charge in [-0.25, -0.2) is 4.79 Å². The Labute approximate surface area is 110 Å². The topological polar surface area (TPSA) is 97.3 Å². The standard InChI is InChI=1S/C10H12O4.C2H5NO2/c1-3-12-10(2)13-8-6-4-5-7(11)9(8)14-10;1-3-2(4)5/h4-6,11H,3H2,1-2H3;3H,1H3,(H,4,5). The maximum absolute atomic E-state index is 9.47. The summed E-state index contributed by atoms with van der Waals surface area (Å²) in [4.78, 5) is 9.26. The van der Waals surface area contributed by atoms with Crippen molar-refractivity contribution in [3.8, 4) is 17.2 Å². The minimum absolute atomic E-state index is 0.0610. The van der Waals surface area contributed by atoms with Gasteiger partial charge in [0, 0.05) is 14.0 Å². The number of para-hydroxylation sites is 1. The molecule has 0 saturated heterocycles. The lowest BCUT2D eigenvalue weighted by Gasteiger charge is -2.21. The summed E-state index contributed by atoms with van der Waals surface area (Å²) in [7, 11) is 1.35. The monoisotopic (exact) mass is 271 g/mol. The zero-order valence-corrected chi connectivity index (χ0v) is 11.0. The normalized spacial score (nSPS) is 19.3. The van der Waals surface area contributed by atoms with Crippen LogP contribution in [0.15, 0.2) is 18.2 Å². The van der Waals surface area contributed by atoms with Gasteiger partial charge < -0.3 is 29.7 Å².